The fraction of sp³-hybridized carbons (Fsp3) is 0.500. The van der Waals surface area contributed by atoms with Gasteiger partial charge in [0.1, 0.15) is 5.56 Å². The van der Waals surface area contributed by atoms with E-state index in [0.717, 1.165) is 11.9 Å². The van der Waals surface area contributed by atoms with Gasteiger partial charge in [-0.25, -0.2) is 9.78 Å². The fourth-order valence-electron chi connectivity index (χ4n) is 2.06. The van der Waals surface area contributed by atoms with Crippen LogP contribution >= 0.6 is 0 Å². The minimum absolute atomic E-state index is 0.169. The predicted molar refractivity (Wildman–Crippen MR) is 81.7 cm³/mol. The summed E-state index contributed by atoms with van der Waals surface area (Å²) in [7, 11) is 3.82. The van der Waals surface area contributed by atoms with Gasteiger partial charge in [0.05, 0.1) is 17.3 Å². The Morgan fingerprint density at radius 2 is 2.19 bits per heavy atom. The third-order valence-electron chi connectivity index (χ3n) is 3.64. The highest BCUT2D eigenvalue weighted by molar-refractivity contribution is 6.03. The third kappa shape index (κ3) is 3.13. The standard InChI is InChI=1S/C14H21N5O2/c1-9(2)18(3)6-5-15-12-10-8-17-19(4)13(10)16-7-11(12)14(20)21/h7-9H,5-6H2,1-4H3,(H,15,16)(H,20,21). The van der Waals surface area contributed by atoms with Crippen molar-refractivity contribution in [1.29, 1.82) is 0 Å². The lowest BCUT2D eigenvalue weighted by Crippen LogP contribution is -2.31. The monoisotopic (exact) mass is 291 g/mol. The number of nitrogens with one attached hydrogen (secondary N) is 1. The Morgan fingerprint density at radius 1 is 1.48 bits per heavy atom. The average Bonchev–Trinajstić information content (AvgIpc) is 2.80. The van der Waals surface area contributed by atoms with E-state index in [0.29, 0.717) is 23.9 Å². The quantitative estimate of drug-likeness (QED) is 0.837. The summed E-state index contributed by atoms with van der Waals surface area (Å²) in [6, 6.07) is 0.446. The first-order chi connectivity index (χ1) is 9.91. The number of pyridine rings is 1. The van der Waals surface area contributed by atoms with Crippen LogP contribution in [0.4, 0.5) is 5.69 Å². The van der Waals surface area contributed by atoms with Gasteiger partial charge in [0, 0.05) is 32.4 Å². The van der Waals surface area contributed by atoms with Gasteiger partial charge in [-0.1, -0.05) is 0 Å². The van der Waals surface area contributed by atoms with Gasteiger partial charge in [-0.15, -0.1) is 0 Å². The number of rotatable bonds is 6. The molecular formula is C14H21N5O2. The summed E-state index contributed by atoms with van der Waals surface area (Å²) in [5.74, 6) is -0.993. The SMILES string of the molecule is CC(C)N(C)CCNc1c(C(=O)O)cnc2c1cnn2C. The smallest absolute Gasteiger partial charge is 0.339 e. The average molecular weight is 291 g/mol. The zero-order valence-corrected chi connectivity index (χ0v) is 12.8. The van der Waals surface area contributed by atoms with E-state index in [9.17, 15) is 9.90 Å². The van der Waals surface area contributed by atoms with Gasteiger partial charge in [-0.05, 0) is 20.9 Å². The van der Waals surface area contributed by atoms with Crippen LogP contribution in [-0.2, 0) is 7.05 Å². The molecule has 7 heteroatoms. The maximum absolute atomic E-state index is 11.4. The minimum Gasteiger partial charge on any atom is -0.478 e. The molecule has 2 heterocycles. The van der Waals surface area contributed by atoms with E-state index in [1.807, 2.05) is 7.05 Å². The van der Waals surface area contributed by atoms with E-state index in [1.54, 1.807) is 17.9 Å². The van der Waals surface area contributed by atoms with Crippen LogP contribution in [0, 0.1) is 0 Å². The molecule has 0 aliphatic heterocycles. The van der Waals surface area contributed by atoms with Crippen molar-refractivity contribution in [3.8, 4) is 0 Å². The second-order valence-electron chi connectivity index (χ2n) is 5.36. The molecular weight excluding hydrogens is 270 g/mol. The Hall–Kier alpha value is -2.15. The number of carboxylic acid groups (broad SMARTS) is 1. The van der Waals surface area contributed by atoms with Crippen molar-refractivity contribution in [2.75, 3.05) is 25.5 Å². The number of aromatic nitrogens is 3. The number of aryl methyl sites for hydroxylation is 1. The number of hydrogen-bond acceptors (Lipinski definition) is 5. The van der Waals surface area contributed by atoms with Gasteiger partial charge < -0.3 is 15.3 Å². The van der Waals surface area contributed by atoms with E-state index in [-0.39, 0.29) is 5.56 Å². The molecule has 0 fully saturated rings. The van der Waals surface area contributed by atoms with Gasteiger partial charge in [-0.2, -0.15) is 5.10 Å². The molecule has 2 aromatic heterocycles. The molecule has 0 unspecified atom stereocenters. The van der Waals surface area contributed by atoms with Gasteiger partial charge in [-0.3, -0.25) is 4.68 Å². The Labute approximate surface area is 123 Å². The molecule has 0 aliphatic rings. The van der Waals surface area contributed by atoms with Crippen LogP contribution in [0.25, 0.3) is 11.0 Å². The van der Waals surface area contributed by atoms with Crippen molar-refractivity contribution < 1.29 is 9.90 Å². The minimum atomic E-state index is -0.993. The van der Waals surface area contributed by atoms with Gasteiger partial charge >= 0.3 is 5.97 Å². The molecule has 0 bridgehead atoms. The molecule has 0 spiro atoms. The maximum Gasteiger partial charge on any atom is 0.339 e. The number of carbonyl (C=O) groups is 1. The molecule has 2 rings (SSSR count). The first kappa shape index (κ1) is 15.2. The highest BCUT2D eigenvalue weighted by Crippen LogP contribution is 2.25. The zero-order chi connectivity index (χ0) is 15.6. The van der Waals surface area contributed by atoms with Crippen molar-refractivity contribution in [3.05, 3.63) is 18.0 Å². The topological polar surface area (TPSA) is 83.3 Å². The zero-order valence-electron chi connectivity index (χ0n) is 12.8. The number of hydrogen-bond donors (Lipinski definition) is 2. The Morgan fingerprint density at radius 3 is 2.81 bits per heavy atom. The molecule has 0 atom stereocenters. The molecule has 0 saturated carbocycles. The highest BCUT2D eigenvalue weighted by Gasteiger charge is 2.16. The molecule has 2 N–H and O–H groups in total. The van der Waals surface area contributed by atoms with E-state index < -0.39 is 5.97 Å². The Kier molecular flexibility index (Phi) is 4.42. The molecule has 0 amide bonds. The number of likely N-dealkylation sites (N-methyl/N-ethyl adjacent to an activating group) is 1. The molecule has 21 heavy (non-hydrogen) atoms. The van der Waals surface area contributed by atoms with Crippen LogP contribution in [0.15, 0.2) is 12.4 Å². The normalized spacial score (nSPS) is 11.5. The Bertz CT molecular complexity index is 650. The van der Waals surface area contributed by atoms with Crippen LogP contribution in [0.5, 0.6) is 0 Å². The lowest BCUT2D eigenvalue weighted by molar-refractivity contribution is 0.0697. The van der Waals surface area contributed by atoms with E-state index in [1.165, 1.54) is 6.20 Å². The second-order valence-corrected chi connectivity index (χ2v) is 5.36. The molecule has 114 valence electrons. The summed E-state index contributed by atoms with van der Waals surface area (Å²) < 4.78 is 1.63. The molecule has 0 aliphatic carbocycles. The summed E-state index contributed by atoms with van der Waals surface area (Å²) in [5, 5.41) is 17.4. The van der Waals surface area contributed by atoms with Crippen LogP contribution in [0.3, 0.4) is 0 Å². The highest BCUT2D eigenvalue weighted by atomic mass is 16.4. The number of aromatic carboxylic acids is 1. The second kappa shape index (κ2) is 6.09. The summed E-state index contributed by atoms with van der Waals surface area (Å²) in [5.41, 5.74) is 1.42. The number of carboxylic acids is 1. The number of anilines is 1. The van der Waals surface area contributed by atoms with E-state index >= 15 is 0 Å². The molecule has 0 saturated heterocycles. The maximum atomic E-state index is 11.4. The summed E-state index contributed by atoms with van der Waals surface area (Å²) in [4.78, 5) is 17.7. The van der Waals surface area contributed by atoms with Crippen molar-refractivity contribution in [2.45, 2.75) is 19.9 Å². The van der Waals surface area contributed by atoms with Gasteiger partial charge in [0.15, 0.2) is 5.65 Å². The molecule has 0 radical (unpaired) electrons. The lowest BCUT2D eigenvalue weighted by atomic mass is 10.2. The van der Waals surface area contributed by atoms with Crippen LogP contribution in [0.2, 0.25) is 0 Å². The molecule has 2 aromatic rings. The largest absolute Gasteiger partial charge is 0.478 e. The third-order valence-corrected chi connectivity index (χ3v) is 3.64. The predicted octanol–water partition coefficient (Wildman–Crippen LogP) is 1.42. The van der Waals surface area contributed by atoms with Crippen molar-refractivity contribution in [1.82, 2.24) is 19.7 Å². The van der Waals surface area contributed by atoms with Crippen LogP contribution in [0.1, 0.15) is 24.2 Å². The number of nitrogens with zero attached hydrogens (tertiary/aromatic N) is 4. The lowest BCUT2D eigenvalue weighted by Gasteiger charge is -2.21. The van der Waals surface area contributed by atoms with Gasteiger partial charge in [0.2, 0.25) is 0 Å². The first-order valence-corrected chi connectivity index (χ1v) is 6.90. The van der Waals surface area contributed by atoms with E-state index in [2.05, 4.69) is 34.1 Å². The summed E-state index contributed by atoms with van der Waals surface area (Å²) >= 11 is 0. The van der Waals surface area contributed by atoms with Gasteiger partial charge in [0.25, 0.3) is 0 Å². The molecule has 0 aromatic carbocycles. The van der Waals surface area contributed by atoms with Crippen molar-refractivity contribution in [3.63, 3.8) is 0 Å². The number of fused-ring (bicyclic) bond motifs is 1. The van der Waals surface area contributed by atoms with E-state index in [4.69, 9.17) is 0 Å². The van der Waals surface area contributed by atoms with Crippen LogP contribution < -0.4 is 5.32 Å². The van der Waals surface area contributed by atoms with Crippen molar-refractivity contribution >= 4 is 22.7 Å². The van der Waals surface area contributed by atoms with Crippen molar-refractivity contribution in [2.24, 2.45) is 7.05 Å². The van der Waals surface area contributed by atoms with Crippen LogP contribution in [-0.4, -0.2) is 56.9 Å². The Balaban J connectivity index is 2.27. The molecule has 7 nitrogen and oxygen atoms in total. The fourth-order valence-corrected chi connectivity index (χ4v) is 2.06. The summed E-state index contributed by atoms with van der Waals surface area (Å²) in [6.45, 7) is 5.71. The first-order valence-electron chi connectivity index (χ1n) is 6.90. The summed E-state index contributed by atoms with van der Waals surface area (Å²) in [6.07, 6.45) is 3.02.